The highest BCUT2D eigenvalue weighted by molar-refractivity contribution is 5.99. The zero-order chi connectivity index (χ0) is 18.4. The van der Waals surface area contributed by atoms with Crippen LogP contribution in [0.15, 0.2) is 60.4 Å². The summed E-state index contributed by atoms with van der Waals surface area (Å²) in [6.45, 7) is 3.09. The van der Waals surface area contributed by atoms with Crippen molar-refractivity contribution < 1.29 is 13.9 Å². The van der Waals surface area contributed by atoms with Crippen molar-refractivity contribution in [1.29, 1.82) is 0 Å². The van der Waals surface area contributed by atoms with E-state index in [4.69, 9.17) is 4.74 Å². The summed E-state index contributed by atoms with van der Waals surface area (Å²) in [6, 6.07) is 12.5. The summed E-state index contributed by atoms with van der Waals surface area (Å²) in [5, 5.41) is 7.09. The molecule has 0 radical (unpaired) electrons. The van der Waals surface area contributed by atoms with Gasteiger partial charge in [-0.15, -0.1) is 5.53 Å². The second-order valence-corrected chi connectivity index (χ2v) is 5.53. The molecule has 0 saturated heterocycles. The minimum atomic E-state index is -0.441. The van der Waals surface area contributed by atoms with Crippen LogP contribution in [0.1, 0.15) is 6.92 Å². The lowest BCUT2D eigenvalue weighted by Gasteiger charge is -2.15. The van der Waals surface area contributed by atoms with Crippen molar-refractivity contribution >= 4 is 23.1 Å². The lowest BCUT2D eigenvalue weighted by atomic mass is 10.2. The molecule has 2 aromatic carbocycles. The Kier molecular flexibility index (Phi) is 5.67. The Hall–Kier alpha value is -3.10. The van der Waals surface area contributed by atoms with Gasteiger partial charge in [-0.3, -0.25) is 5.01 Å². The first kappa shape index (κ1) is 17.7. The molecule has 1 aliphatic rings. The fourth-order valence-electron chi connectivity index (χ4n) is 2.34. The van der Waals surface area contributed by atoms with E-state index in [9.17, 15) is 9.18 Å². The number of ether oxygens (including phenoxy) is 1. The normalized spacial score (nSPS) is 13.2. The van der Waals surface area contributed by atoms with Crippen molar-refractivity contribution in [3.8, 4) is 0 Å². The molecule has 1 aliphatic heterocycles. The molecule has 136 valence electrons. The number of hydrogen-bond donors (Lipinski definition) is 4. The summed E-state index contributed by atoms with van der Waals surface area (Å²) in [5.74, 6) is -0.407. The van der Waals surface area contributed by atoms with Crippen LogP contribution in [-0.2, 0) is 4.74 Å². The van der Waals surface area contributed by atoms with Crippen molar-refractivity contribution in [2.45, 2.75) is 6.92 Å². The molecule has 0 aliphatic carbocycles. The minimum Gasteiger partial charge on any atom is -0.375 e. The van der Waals surface area contributed by atoms with Crippen molar-refractivity contribution in [1.82, 2.24) is 11.0 Å². The number of anilines is 3. The van der Waals surface area contributed by atoms with E-state index in [1.807, 2.05) is 30.3 Å². The summed E-state index contributed by atoms with van der Waals surface area (Å²) in [7, 11) is 0. The van der Waals surface area contributed by atoms with Crippen LogP contribution in [0.3, 0.4) is 0 Å². The van der Waals surface area contributed by atoms with E-state index in [1.54, 1.807) is 18.2 Å². The van der Waals surface area contributed by atoms with Gasteiger partial charge in [-0.05, 0) is 49.4 Å². The second-order valence-electron chi connectivity index (χ2n) is 5.53. The van der Waals surface area contributed by atoms with E-state index in [0.717, 1.165) is 11.4 Å². The van der Waals surface area contributed by atoms with Gasteiger partial charge < -0.3 is 20.8 Å². The number of halogens is 1. The van der Waals surface area contributed by atoms with Gasteiger partial charge in [-0.25, -0.2) is 9.18 Å². The van der Waals surface area contributed by atoms with Crippen LogP contribution in [0.25, 0.3) is 0 Å². The number of hydrogen-bond acceptors (Lipinski definition) is 5. The molecule has 0 spiro atoms. The molecule has 7 nitrogen and oxygen atoms in total. The number of nitrogens with zero attached hydrogens (tertiary/aromatic N) is 1. The maximum atomic E-state index is 13.1. The van der Waals surface area contributed by atoms with E-state index in [-0.39, 0.29) is 0 Å². The molecular weight excluding hydrogens is 337 g/mol. The van der Waals surface area contributed by atoms with E-state index < -0.39 is 11.8 Å². The number of carbonyl (C=O) groups excluding carboxylic acids is 1. The third kappa shape index (κ3) is 4.71. The lowest BCUT2D eigenvalue weighted by Crippen LogP contribution is -2.36. The number of amides is 2. The Morgan fingerprint density at radius 1 is 1.15 bits per heavy atom. The summed E-state index contributed by atoms with van der Waals surface area (Å²) in [6.07, 6.45) is 1.90. The highest BCUT2D eigenvalue weighted by Gasteiger charge is 2.13. The summed E-state index contributed by atoms with van der Waals surface area (Å²) < 4.78 is 18.5. The zero-order valence-electron chi connectivity index (χ0n) is 14.3. The molecule has 3 rings (SSSR count). The molecule has 0 unspecified atom stereocenters. The quantitative estimate of drug-likeness (QED) is 0.639. The average molecular weight is 357 g/mol. The van der Waals surface area contributed by atoms with Gasteiger partial charge in [0, 0.05) is 24.2 Å². The Bertz CT molecular complexity index is 794. The molecular formula is C18H20FN5O2. The van der Waals surface area contributed by atoms with E-state index >= 15 is 0 Å². The maximum Gasteiger partial charge on any atom is 0.323 e. The first-order valence-corrected chi connectivity index (χ1v) is 8.17. The van der Waals surface area contributed by atoms with Crippen LogP contribution in [0.5, 0.6) is 0 Å². The predicted octanol–water partition coefficient (Wildman–Crippen LogP) is 3.18. The Morgan fingerprint density at radius 3 is 2.65 bits per heavy atom. The zero-order valence-corrected chi connectivity index (χ0v) is 14.3. The fraction of sp³-hybridized carbons (Fsp3) is 0.167. The summed E-state index contributed by atoms with van der Waals surface area (Å²) in [4.78, 5) is 12.0. The van der Waals surface area contributed by atoms with Gasteiger partial charge in [0.1, 0.15) is 5.82 Å². The number of urea groups is 1. The fourth-order valence-corrected chi connectivity index (χ4v) is 2.34. The topological polar surface area (TPSA) is 77.7 Å². The first-order valence-electron chi connectivity index (χ1n) is 8.17. The van der Waals surface area contributed by atoms with Crippen LogP contribution >= 0.6 is 0 Å². The Morgan fingerprint density at radius 2 is 1.92 bits per heavy atom. The molecule has 1 heterocycles. The predicted molar refractivity (Wildman–Crippen MR) is 98.8 cm³/mol. The minimum absolute atomic E-state index is 0.387. The van der Waals surface area contributed by atoms with Crippen molar-refractivity contribution in [3.05, 3.63) is 66.2 Å². The number of rotatable bonds is 6. The van der Waals surface area contributed by atoms with Gasteiger partial charge in [0.05, 0.1) is 18.0 Å². The second kappa shape index (κ2) is 8.32. The van der Waals surface area contributed by atoms with Crippen molar-refractivity contribution in [3.63, 3.8) is 0 Å². The summed E-state index contributed by atoms with van der Waals surface area (Å²) >= 11 is 0. The molecule has 2 amide bonds. The van der Waals surface area contributed by atoms with Crippen molar-refractivity contribution in [2.24, 2.45) is 0 Å². The number of nitrogens with one attached hydrogen (secondary N) is 4. The standard InChI is InChI=1S/C18H20FN5O2/c1-2-26-12-16-11-24(23-22-16)17-8-6-14(7-9-17)20-18(25)21-15-5-3-4-13(19)10-15/h3-11,22-23H,2,12H2,1H3,(H2,20,21,25). The molecule has 0 atom stereocenters. The first-order chi connectivity index (χ1) is 12.6. The van der Waals surface area contributed by atoms with Gasteiger partial charge in [-0.1, -0.05) is 6.07 Å². The average Bonchev–Trinajstić information content (AvgIpc) is 3.09. The van der Waals surface area contributed by atoms with Crippen LogP contribution < -0.4 is 26.6 Å². The maximum absolute atomic E-state index is 13.1. The molecule has 8 heteroatoms. The smallest absolute Gasteiger partial charge is 0.323 e. The highest BCUT2D eigenvalue weighted by Crippen LogP contribution is 2.19. The molecule has 0 fully saturated rings. The van der Waals surface area contributed by atoms with E-state index in [1.165, 1.54) is 18.2 Å². The lowest BCUT2D eigenvalue weighted by molar-refractivity contribution is 0.166. The van der Waals surface area contributed by atoms with Crippen LogP contribution in [0.2, 0.25) is 0 Å². The van der Waals surface area contributed by atoms with Gasteiger partial charge in [0.15, 0.2) is 0 Å². The summed E-state index contributed by atoms with van der Waals surface area (Å²) in [5.41, 5.74) is 8.84. The van der Waals surface area contributed by atoms with Crippen LogP contribution in [-0.4, -0.2) is 19.2 Å². The number of benzene rings is 2. The van der Waals surface area contributed by atoms with Gasteiger partial charge in [0.25, 0.3) is 0 Å². The van der Waals surface area contributed by atoms with Gasteiger partial charge in [0.2, 0.25) is 0 Å². The third-order valence-electron chi connectivity index (χ3n) is 3.57. The number of hydrazine groups is 2. The SMILES string of the molecule is CCOCC1=CN(c2ccc(NC(=O)Nc3cccc(F)c3)cc2)NN1. The van der Waals surface area contributed by atoms with Crippen LogP contribution in [0.4, 0.5) is 26.2 Å². The molecule has 0 saturated carbocycles. The Balaban J connectivity index is 1.56. The number of carbonyl (C=O) groups is 1. The molecule has 0 bridgehead atoms. The van der Waals surface area contributed by atoms with Gasteiger partial charge in [-0.2, -0.15) is 0 Å². The monoisotopic (exact) mass is 357 g/mol. The molecule has 0 aromatic heterocycles. The molecule has 2 aromatic rings. The van der Waals surface area contributed by atoms with Crippen LogP contribution in [0, 0.1) is 5.82 Å². The van der Waals surface area contributed by atoms with E-state index in [0.29, 0.717) is 24.6 Å². The van der Waals surface area contributed by atoms with Gasteiger partial charge >= 0.3 is 6.03 Å². The largest absolute Gasteiger partial charge is 0.375 e. The Labute approximate surface area is 150 Å². The third-order valence-corrected chi connectivity index (χ3v) is 3.57. The highest BCUT2D eigenvalue weighted by atomic mass is 19.1. The van der Waals surface area contributed by atoms with Crippen molar-refractivity contribution in [2.75, 3.05) is 28.9 Å². The van der Waals surface area contributed by atoms with E-state index in [2.05, 4.69) is 21.6 Å². The molecule has 4 N–H and O–H groups in total. The molecule has 26 heavy (non-hydrogen) atoms.